The van der Waals surface area contributed by atoms with Crippen molar-refractivity contribution < 1.29 is 13.9 Å². The number of H-pyrrole nitrogens is 1. The Kier molecular flexibility index (Phi) is 4.41. The van der Waals surface area contributed by atoms with Crippen molar-refractivity contribution in [3.63, 3.8) is 0 Å². The second-order valence-electron chi connectivity index (χ2n) is 8.83. The fourth-order valence-corrected chi connectivity index (χ4v) is 5.41. The molecule has 0 bridgehead atoms. The van der Waals surface area contributed by atoms with Crippen molar-refractivity contribution in [1.82, 2.24) is 14.9 Å². The molecule has 1 fully saturated rings. The summed E-state index contributed by atoms with van der Waals surface area (Å²) in [6.07, 6.45) is 5.70. The summed E-state index contributed by atoms with van der Waals surface area (Å²) in [5.41, 5.74) is 4.54. The van der Waals surface area contributed by atoms with Crippen molar-refractivity contribution in [3.8, 4) is 0 Å². The van der Waals surface area contributed by atoms with E-state index in [0.717, 1.165) is 80.3 Å². The average Bonchev–Trinajstić information content (AvgIpc) is 3.40. The highest BCUT2D eigenvalue weighted by molar-refractivity contribution is 5.90. The maximum atomic E-state index is 13.5. The molecule has 1 atom stereocenters. The summed E-state index contributed by atoms with van der Waals surface area (Å²) >= 11 is 0. The number of carbonyl (C=O) groups excluding carboxylic acids is 1. The molecule has 156 valence electrons. The highest BCUT2D eigenvalue weighted by Crippen LogP contribution is 2.38. The average molecular weight is 405 g/mol. The smallest absolute Gasteiger partial charge is 0.232 e. The predicted octanol–water partition coefficient (Wildman–Crippen LogP) is 4.05. The standard InChI is InChI=1S/C24H27N3O3/c28-24(18-6-3-5-17-16-4-1-2-7-19(16)25-22(17)18)27-11-8-21-20(14-27)26-23(30-21)15-9-12-29-13-10-15/h1-2,4,7,15,18,25H,3,5-6,8-14H2. The number of benzene rings is 1. The molecule has 3 aromatic rings. The molecule has 30 heavy (non-hydrogen) atoms. The fraction of sp³-hybridized carbons (Fsp3) is 0.500. The SMILES string of the molecule is O=C(C1CCCc2c1[nH]c1ccccc21)N1CCc2oc(C3CCOCC3)nc2C1. The van der Waals surface area contributed by atoms with Crippen LogP contribution in [0.4, 0.5) is 0 Å². The first-order chi connectivity index (χ1) is 14.8. The molecule has 2 aliphatic heterocycles. The lowest BCUT2D eigenvalue weighted by molar-refractivity contribution is -0.134. The van der Waals surface area contributed by atoms with Crippen LogP contribution in [0, 0.1) is 0 Å². The van der Waals surface area contributed by atoms with Gasteiger partial charge in [-0.25, -0.2) is 4.98 Å². The van der Waals surface area contributed by atoms with Crippen molar-refractivity contribution in [2.75, 3.05) is 19.8 Å². The highest BCUT2D eigenvalue weighted by Gasteiger charge is 2.35. The number of hydrogen-bond donors (Lipinski definition) is 1. The molecule has 3 aliphatic rings. The number of carbonyl (C=O) groups is 1. The molecule has 2 aromatic heterocycles. The lowest BCUT2D eigenvalue weighted by atomic mass is 9.85. The number of aromatic nitrogens is 2. The van der Waals surface area contributed by atoms with Crippen molar-refractivity contribution in [3.05, 3.63) is 52.9 Å². The van der Waals surface area contributed by atoms with Crippen molar-refractivity contribution in [2.24, 2.45) is 0 Å². The van der Waals surface area contributed by atoms with Gasteiger partial charge < -0.3 is 19.0 Å². The van der Waals surface area contributed by atoms with Crippen molar-refractivity contribution in [2.45, 2.75) is 56.9 Å². The molecule has 1 amide bonds. The van der Waals surface area contributed by atoms with Gasteiger partial charge in [-0.1, -0.05) is 18.2 Å². The normalized spacial score (nSPS) is 22.1. The maximum absolute atomic E-state index is 13.5. The zero-order valence-electron chi connectivity index (χ0n) is 17.2. The minimum Gasteiger partial charge on any atom is -0.445 e. The van der Waals surface area contributed by atoms with E-state index in [4.69, 9.17) is 14.1 Å². The van der Waals surface area contributed by atoms with Crippen LogP contribution in [0.5, 0.6) is 0 Å². The molecule has 6 rings (SSSR count). The molecule has 1 unspecified atom stereocenters. The molecular formula is C24H27N3O3. The molecule has 1 aromatic carbocycles. The van der Waals surface area contributed by atoms with Gasteiger partial charge in [0.15, 0.2) is 5.89 Å². The maximum Gasteiger partial charge on any atom is 0.232 e. The van der Waals surface area contributed by atoms with Crippen LogP contribution in [0.15, 0.2) is 28.7 Å². The monoisotopic (exact) mass is 405 g/mol. The lowest BCUT2D eigenvalue weighted by Gasteiger charge is -2.31. The summed E-state index contributed by atoms with van der Waals surface area (Å²) in [6.45, 7) is 2.82. The largest absolute Gasteiger partial charge is 0.445 e. The summed E-state index contributed by atoms with van der Waals surface area (Å²) in [5.74, 6) is 2.30. The first-order valence-electron chi connectivity index (χ1n) is 11.2. The fourth-order valence-electron chi connectivity index (χ4n) is 5.41. The van der Waals surface area contributed by atoms with Gasteiger partial charge in [0.25, 0.3) is 0 Å². The van der Waals surface area contributed by atoms with Crippen LogP contribution in [0.25, 0.3) is 10.9 Å². The molecule has 0 radical (unpaired) electrons. The molecular weight excluding hydrogens is 378 g/mol. The number of ether oxygens (including phenoxy) is 1. The summed E-state index contributed by atoms with van der Waals surface area (Å²) in [6, 6.07) is 8.40. The van der Waals surface area contributed by atoms with Crippen LogP contribution in [0.3, 0.4) is 0 Å². The number of nitrogens with zero attached hydrogens (tertiary/aromatic N) is 2. The number of aryl methyl sites for hydroxylation is 1. The van der Waals surface area contributed by atoms with Gasteiger partial charge in [-0.05, 0) is 43.7 Å². The van der Waals surface area contributed by atoms with E-state index in [9.17, 15) is 4.79 Å². The molecule has 1 saturated heterocycles. The first kappa shape index (κ1) is 18.2. The van der Waals surface area contributed by atoms with Crippen molar-refractivity contribution in [1.29, 1.82) is 0 Å². The van der Waals surface area contributed by atoms with Gasteiger partial charge in [-0.2, -0.15) is 0 Å². The summed E-state index contributed by atoms with van der Waals surface area (Å²) in [7, 11) is 0. The Labute approximate surface area is 175 Å². The van der Waals surface area contributed by atoms with E-state index >= 15 is 0 Å². The minimum atomic E-state index is -0.0791. The predicted molar refractivity (Wildman–Crippen MR) is 112 cm³/mol. The third-order valence-electron chi connectivity index (χ3n) is 7.04. The van der Waals surface area contributed by atoms with Crippen LogP contribution in [0.2, 0.25) is 0 Å². The number of rotatable bonds is 2. The topological polar surface area (TPSA) is 71.4 Å². The van der Waals surface area contributed by atoms with Gasteiger partial charge in [-0.15, -0.1) is 0 Å². The van der Waals surface area contributed by atoms with Gasteiger partial charge in [0.05, 0.1) is 12.5 Å². The number of aromatic amines is 1. The van der Waals surface area contributed by atoms with Gasteiger partial charge >= 0.3 is 0 Å². The number of amides is 1. The lowest BCUT2D eigenvalue weighted by Crippen LogP contribution is -2.39. The number of nitrogens with one attached hydrogen (secondary N) is 1. The van der Waals surface area contributed by atoms with Crippen LogP contribution >= 0.6 is 0 Å². The van der Waals surface area contributed by atoms with Crippen LogP contribution in [-0.4, -0.2) is 40.5 Å². The van der Waals surface area contributed by atoms with E-state index in [2.05, 4.69) is 23.2 Å². The molecule has 4 heterocycles. The van der Waals surface area contributed by atoms with Gasteiger partial charge in [-0.3, -0.25) is 4.79 Å². The second kappa shape index (κ2) is 7.27. The minimum absolute atomic E-state index is 0.0791. The number of fused-ring (bicyclic) bond motifs is 4. The Morgan fingerprint density at radius 3 is 2.90 bits per heavy atom. The summed E-state index contributed by atoms with van der Waals surface area (Å²) < 4.78 is 11.6. The highest BCUT2D eigenvalue weighted by atomic mass is 16.5. The Morgan fingerprint density at radius 1 is 1.13 bits per heavy atom. The zero-order valence-corrected chi connectivity index (χ0v) is 17.2. The van der Waals surface area contributed by atoms with Crippen molar-refractivity contribution >= 4 is 16.8 Å². The molecule has 0 spiro atoms. The Morgan fingerprint density at radius 2 is 2.00 bits per heavy atom. The number of para-hydroxylation sites is 1. The Hall–Kier alpha value is -2.60. The third-order valence-corrected chi connectivity index (χ3v) is 7.04. The van der Waals surface area contributed by atoms with Gasteiger partial charge in [0, 0.05) is 48.7 Å². The van der Waals surface area contributed by atoms with Crippen LogP contribution in [0.1, 0.15) is 66.1 Å². The Balaban J connectivity index is 1.24. The van der Waals surface area contributed by atoms with E-state index in [1.54, 1.807) is 0 Å². The van der Waals surface area contributed by atoms with Gasteiger partial charge in [0.1, 0.15) is 11.5 Å². The number of oxazole rings is 1. The molecule has 6 nitrogen and oxygen atoms in total. The van der Waals surface area contributed by atoms with E-state index in [0.29, 0.717) is 19.0 Å². The summed E-state index contributed by atoms with van der Waals surface area (Å²) in [4.78, 5) is 23.9. The zero-order chi connectivity index (χ0) is 20.1. The molecule has 0 saturated carbocycles. The van der Waals surface area contributed by atoms with E-state index in [-0.39, 0.29) is 11.8 Å². The van der Waals surface area contributed by atoms with E-state index in [1.165, 1.54) is 10.9 Å². The quantitative estimate of drug-likeness (QED) is 0.698. The summed E-state index contributed by atoms with van der Waals surface area (Å²) in [5, 5.41) is 1.27. The van der Waals surface area contributed by atoms with Gasteiger partial charge in [0.2, 0.25) is 5.91 Å². The molecule has 6 heteroatoms. The van der Waals surface area contributed by atoms with E-state index < -0.39 is 0 Å². The first-order valence-corrected chi connectivity index (χ1v) is 11.2. The van der Waals surface area contributed by atoms with Crippen LogP contribution < -0.4 is 0 Å². The second-order valence-corrected chi connectivity index (χ2v) is 8.83. The molecule has 1 aliphatic carbocycles. The Bertz CT molecular complexity index is 1090. The molecule has 1 N–H and O–H groups in total. The third kappa shape index (κ3) is 2.97. The number of hydrogen-bond acceptors (Lipinski definition) is 4. The van der Waals surface area contributed by atoms with Crippen LogP contribution in [-0.2, 0) is 28.9 Å². The van der Waals surface area contributed by atoms with E-state index in [1.807, 2.05) is 11.0 Å².